The Bertz CT molecular complexity index is 1330. The first-order chi connectivity index (χ1) is 17.0. The molecule has 35 heavy (non-hydrogen) atoms. The third-order valence-corrected chi connectivity index (χ3v) is 6.00. The average molecular weight is 478 g/mol. The normalized spacial score (nSPS) is 15.9. The van der Waals surface area contributed by atoms with E-state index in [1.54, 1.807) is 55.0 Å². The zero-order valence-corrected chi connectivity index (χ0v) is 19.3. The molecule has 1 aliphatic heterocycles. The molecule has 0 saturated carbocycles. The highest BCUT2D eigenvalue weighted by molar-refractivity contribution is 5.98. The van der Waals surface area contributed by atoms with Crippen molar-refractivity contribution < 1.29 is 18.7 Å². The van der Waals surface area contributed by atoms with Gasteiger partial charge in [0.15, 0.2) is 0 Å². The second-order valence-corrected chi connectivity index (χ2v) is 8.18. The first-order valence-corrected chi connectivity index (χ1v) is 11.1. The van der Waals surface area contributed by atoms with Crippen LogP contribution in [0.15, 0.2) is 55.1 Å². The molecule has 0 N–H and O–H groups in total. The van der Waals surface area contributed by atoms with Crippen LogP contribution in [0.4, 0.5) is 4.39 Å². The third-order valence-electron chi connectivity index (χ3n) is 6.00. The van der Waals surface area contributed by atoms with Crippen LogP contribution in [0.1, 0.15) is 21.5 Å². The van der Waals surface area contributed by atoms with Gasteiger partial charge in [-0.2, -0.15) is 30.0 Å². The van der Waals surface area contributed by atoms with Gasteiger partial charge in [0.25, 0.3) is 5.91 Å². The van der Waals surface area contributed by atoms with Crippen molar-refractivity contribution in [3.05, 3.63) is 77.6 Å². The molecule has 11 heteroatoms. The van der Waals surface area contributed by atoms with Gasteiger partial charge in [-0.1, -0.05) is 0 Å². The largest absolute Gasteiger partial charge is 0.496 e. The Morgan fingerprint density at radius 2 is 1.80 bits per heavy atom. The summed E-state index contributed by atoms with van der Waals surface area (Å²) in [5, 5.41) is 16.6. The highest BCUT2D eigenvalue weighted by Crippen LogP contribution is 2.28. The molecule has 1 amide bonds. The Morgan fingerprint density at radius 1 is 1.09 bits per heavy atom. The number of nitrogens with zero attached hydrogens (tertiary/aromatic N) is 7. The lowest BCUT2D eigenvalue weighted by Gasteiger charge is -2.36. The molecule has 0 spiro atoms. The summed E-state index contributed by atoms with van der Waals surface area (Å²) in [6, 6.07) is 7.84. The highest BCUT2D eigenvalue weighted by Gasteiger charge is 2.31. The molecule has 10 nitrogen and oxygen atoms in total. The number of carbonyl (C=O) groups excluding carboxylic acids is 1. The molecule has 3 heterocycles. The molecule has 1 atom stereocenters. The predicted molar refractivity (Wildman–Crippen MR) is 123 cm³/mol. The Balaban J connectivity index is 1.48. The van der Waals surface area contributed by atoms with E-state index in [2.05, 4.69) is 20.4 Å². The highest BCUT2D eigenvalue weighted by atomic mass is 19.1. The van der Waals surface area contributed by atoms with Crippen molar-refractivity contribution in [2.75, 3.05) is 26.9 Å². The maximum atomic E-state index is 14.8. The van der Waals surface area contributed by atoms with E-state index in [1.807, 2.05) is 13.0 Å². The topological polar surface area (TPSA) is 100 Å². The molecule has 2 aromatic heterocycles. The van der Waals surface area contributed by atoms with Gasteiger partial charge in [0.2, 0.25) is 0 Å². The number of carbonyl (C=O) groups is 1. The number of rotatable bonds is 6. The molecule has 0 aliphatic carbocycles. The van der Waals surface area contributed by atoms with Gasteiger partial charge < -0.3 is 14.4 Å². The first kappa shape index (κ1) is 22.7. The van der Waals surface area contributed by atoms with Gasteiger partial charge >= 0.3 is 0 Å². The summed E-state index contributed by atoms with van der Waals surface area (Å²) in [5.41, 5.74) is 2.87. The molecule has 0 bridgehead atoms. The molecular formula is C24H24FN7O3. The molecular weight excluding hydrogens is 453 g/mol. The van der Waals surface area contributed by atoms with E-state index in [4.69, 9.17) is 9.47 Å². The van der Waals surface area contributed by atoms with Crippen molar-refractivity contribution in [3.63, 3.8) is 0 Å². The lowest BCUT2D eigenvalue weighted by molar-refractivity contribution is -0.00187. The number of aryl methyl sites for hydroxylation is 1. The van der Waals surface area contributed by atoms with Gasteiger partial charge in [-0.25, -0.2) is 4.39 Å². The lowest BCUT2D eigenvalue weighted by atomic mass is 10.0. The van der Waals surface area contributed by atoms with Crippen LogP contribution in [-0.4, -0.2) is 73.7 Å². The minimum atomic E-state index is -0.377. The van der Waals surface area contributed by atoms with Gasteiger partial charge in [0, 0.05) is 6.54 Å². The predicted octanol–water partition coefficient (Wildman–Crippen LogP) is 2.39. The minimum absolute atomic E-state index is 0.228. The number of ether oxygens (including phenoxy) is 2. The molecule has 1 aliphatic rings. The third kappa shape index (κ3) is 4.50. The monoisotopic (exact) mass is 477 g/mol. The zero-order valence-electron chi connectivity index (χ0n) is 19.3. The number of aromatic nitrogens is 6. The average Bonchev–Trinajstić information content (AvgIpc) is 3.60. The van der Waals surface area contributed by atoms with E-state index in [0.717, 1.165) is 5.56 Å². The lowest BCUT2D eigenvalue weighted by Crippen LogP contribution is -2.50. The summed E-state index contributed by atoms with van der Waals surface area (Å²) in [6.45, 7) is 2.93. The van der Waals surface area contributed by atoms with Crippen LogP contribution in [0.5, 0.6) is 5.75 Å². The van der Waals surface area contributed by atoms with Gasteiger partial charge in [-0.3, -0.25) is 4.79 Å². The summed E-state index contributed by atoms with van der Waals surface area (Å²) in [4.78, 5) is 18.4. The second-order valence-electron chi connectivity index (χ2n) is 8.18. The molecule has 180 valence electrons. The minimum Gasteiger partial charge on any atom is -0.496 e. The van der Waals surface area contributed by atoms with Crippen LogP contribution in [0.25, 0.3) is 11.4 Å². The molecule has 2 aromatic carbocycles. The van der Waals surface area contributed by atoms with E-state index in [1.165, 1.54) is 15.7 Å². The van der Waals surface area contributed by atoms with Crippen LogP contribution in [0.3, 0.4) is 0 Å². The van der Waals surface area contributed by atoms with Gasteiger partial charge in [0.05, 0.1) is 68.1 Å². The van der Waals surface area contributed by atoms with Gasteiger partial charge in [0.1, 0.15) is 11.6 Å². The van der Waals surface area contributed by atoms with Crippen LogP contribution >= 0.6 is 0 Å². The van der Waals surface area contributed by atoms with Crippen molar-refractivity contribution in [1.82, 2.24) is 34.9 Å². The summed E-state index contributed by atoms with van der Waals surface area (Å²) in [7, 11) is 1.56. The number of hydrogen-bond acceptors (Lipinski definition) is 7. The number of morpholine rings is 1. The smallest absolute Gasteiger partial charge is 0.256 e. The van der Waals surface area contributed by atoms with E-state index >= 15 is 0 Å². The standard InChI is InChI=1S/C24H24FN7O3/c1-16-11-22(32-28-7-8-29-32)20(14-23(16)34-2)24(33)30-9-10-35-15-19(30)13-17-12-18(3-4-21(17)25)31-26-5-6-27-31/h3-8,11-12,14,19H,9-10,13,15H2,1-2H3. The van der Waals surface area contributed by atoms with Crippen molar-refractivity contribution >= 4 is 5.91 Å². The van der Waals surface area contributed by atoms with Crippen LogP contribution in [-0.2, 0) is 11.2 Å². The molecule has 1 fully saturated rings. The van der Waals surface area contributed by atoms with E-state index in [0.29, 0.717) is 41.4 Å². The number of benzene rings is 2. The maximum absolute atomic E-state index is 14.8. The van der Waals surface area contributed by atoms with Gasteiger partial charge in [-0.15, -0.1) is 0 Å². The Labute approximate surface area is 200 Å². The van der Waals surface area contributed by atoms with E-state index in [-0.39, 0.29) is 30.8 Å². The molecule has 1 unspecified atom stereocenters. The molecule has 4 aromatic rings. The first-order valence-electron chi connectivity index (χ1n) is 11.1. The van der Waals surface area contributed by atoms with Crippen molar-refractivity contribution in [1.29, 1.82) is 0 Å². The zero-order chi connectivity index (χ0) is 24.4. The van der Waals surface area contributed by atoms with Crippen molar-refractivity contribution in [2.24, 2.45) is 0 Å². The second kappa shape index (κ2) is 9.63. The summed E-state index contributed by atoms with van der Waals surface area (Å²) in [5.74, 6) is -0.00828. The summed E-state index contributed by atoms with van der Waals surface area (Å²) >= 11 is 0. The van der Waals surface area contributed by atoms with Gasteiger partial charge in [-0.05, 0) is 54.8 Å². The Morgan fingerprint density at radius 3 is 2.51 bits per heavy atom. The van der Waals surface area contributed by atoms with E-state index in [9.17, 15) is 9.18 Å². The van der Waals surface area contributed by atoms with Crippen LogP contribution < -0.4 is 4.74 Å². The molecule has 0 radical (unpaired) electrons. The van der Waals surface area contributed by atoms with E-state index < -0.39 is 0 Å². The van der Waals surface area contributed by atoms with Crippen LogP contribution in [0.2, 0.25) is 0 Å². The number of methoxy groups -OCH3 is 1. The summed E-state index contributed by atoms with van der Waals surface area (Å²) in [6.07, 6.45) is 6.48. The Hall–Kier alpha value is -4.12. The van der Waals surface area contributed by atoms with Crippen molar-refractivity contribution in [3.8, 4) is 17.1 Å². The quantitative estimate of drug-likeness (QED) is 0.420. The fraction of sp³-hybridized carbons (Fsp3) is 0.292. The summed E-state index contributed by atoms with van der Waals surface area (Å²) < 4.78 is 25.9. The SMILES string of the molecule is COc1cc(C(=O)N2CCOCC2Cc2cc(-n3nccn3)ccc2F)c(-n2nccn2)cc1C. The van der Waals surface area contributed by atoms with Crippen LogP contribution in [0, 0.1) is 12.7 Å². The molecule has 1 saturated heterocycles. The number of amides is 1. The maximum Gasteiger partial charge on any atom is 0.256 e. The fourth-order valence-corrected chi connectivity index (χ4v) is 4.26. The van der Waals surface area contributed by atoms with Crippen molar-refractivity contribution in [2.45, 2.75) is 19.4 Å². The number of halogens is 1. The fourth-order valence-electron chi connectivity index (χ4n) is 4.26. The number of hydrogen-bond donors (Lipinski definition) is 0. The Kier molecular flexibility index (Phi) is 6.23. The molecule has 5 rings (SSSR count).